The van der Waals surface area contributed by atoms with Crippen molar-refractivity contribution >= 4 is 5.43 Å². The van der Waals surface area contributed by atoms with Gasteiger partial charge in [0.05, 0.1) is 0 Å². The van der Waals surface area contributed by atoms with Crippen LogP contribution in [0.3, 0.4) is 0 Å². The first-order valence-electron chi connectivity index (χ1n) is 7.47. The van der Waals surface area contributed by atoms with E-state index < -0.39 is 0 Å². The van der Waals surface area contributed by atoms with E-state index in [9.17, 15) is 0 Å². The van der Waals surface area contributed by atoms with Gasteiger partial charge in [0.2, 0.25) is 0 Å². The summed E-state index contributed by atoms with van der Waals surface area (Å²) in [5, 5.41) is 0. The molecule has 4 heteroatoms. The van der Waals surface area contributed by atoms with Crippen molar-refractivity contribution in [2.24, 2.45) is 0 Å². The summed E-state index contributed by atoms with van der Waals surface area (Å²) in [5.74, 6) is 0. The van der Waals surface area contributed by atoms with Crippen LogP contribution in [-0.2, 0) is 23.3 Å². The molecule has 0 saturated carbocycles. The van der Waals surface area contributed by atoms with Gasteiger partial charge < -0.3 is 34.0 Å². The molecule has 0 aromatic carbocycles. The first-order valence-corrected chi connectivity index (χ1v) is 13.7. The smallest absolute Gasteiger partial charge is 1.00 e. The molecule has 2 aliphatic carbocycles. The zero-order valence-corrected chi connectivity index (χ0v) is 21.4. The largest absolute Gasteiger partial charge is 1.00 e. The maximum Gasteiger partial charge on any atom is -1.00 e. The van der Waals surface area contributed by atoms with E-state index in [-0.39, 0.29) is 39.4 Å². The quantitative estimate of drug-likeness (QED) is 0.346. The van der Waals surface area contributed by atoms with Gasteiger partial charge in [-0.05, 0) is 0 Å². The Morgan fingerprint density at radius 1 is 0.909 bits per heavy atom. The SMILES string of the molecule is CCC1=[C-]CC=C1C.CCC1=[C-]CC=C1C.C[Si](C)=[Zr+2].[Br-].[Br-]. The molecule has 0 nitrogen and oxygen atoms in total. The first kappa shape index (κ1) is 27.8. The van der Waals surface area contributed by atoms with Gasteiger partial charge in [-0.1, -0.05) is 26.7 Å². The van der Waals surface area contributed by atoms with Gasteiger partial charge in [0.15, 0.2) is 0 Å². The van der Waals surface area contributed by atoms with E-state index in [1.165, 1.54) is 22.3 Å². The Morgan fingerprint density at radius 3 is 1.27 bits per heavy atom. The predicted octanol–water partition coefficient (Wildman–Crippen LogP) is -0.256. The van der Waals surface area contributed by atoms with Crippen molar-refractivity contribution in [3.8, 4) is 0 Å². The van der Waals surface area contributed by atoms with E-state index in [1.807, 2.05) is 0 Å². The molecule has 0 fully saturated rings. The predicted molar refractivity (Wildman–Crippen MR) is 88.3 cm³/mol. The molecule has 0 spiro atoms. The van der Waals surface area contributed by atoms with E-state index in [2.05, 4.69) is 65.1 Å². The third-order valence-corrected chi connectivity index (χ3v) is 3.11. The number of rotatable bonds is 2. The summed E-state index contributed by atoms with van der Waals surface area (Å²) in [5.41, 5.74) is 5.87. The van der Waals surface area contributed by atoms with Crippen molar-refractivity contribution in [3.63, 3.8) is 0 Å². The van der Waals surface area contributed by atoms with Crippen LogP contribution in [0.25, 0.3) is 0 Å². The maximum absolute atomic E-state index is 3.28. The third kappa shape index (κ3) is 13.5. The molecule has 0 amide bonds. The average molecular weight is 524 g/mol. The molecule has 0 aromatic heterocycles. The Labute approximate surface area is 174 Å². The van der Waals surface area contributed by atoms with E-state index in [1.54, 1.807) is 23.3 Å². The monoisotopic (exact) mass is 520 g/mol. The summed E-state index contributed by atoms with van der Waals surface area (Å²) >= 11 is 1.74. The minimum Gasteiger partial charge on any atom is -1.00 e. The van der Waals surface area contributed by atoms with Crippen molar-refractivity contribution in [1.82, 2.24) is 0 Å². The van der Waals surface area contributed by atoms with Gasteiger partial charge in [-0.3, -0.25) is 12.2 Å². The molecule has 22 heavy (non-hydrogen) atoms. The van der Waals surface area contributed by atoms with Gasteiger partial charge in [-0.15, -0.1) is 26.7 Å². The van der Waals surface area contributed by atoms with E-state index in [0.29, 0.717) is 0 Å². The Hall–Kier alpha value is 1.02. The summed E-state index contributed by atoms with van der Waals surface area (Å²) in [7, 11) is 0. The minimum absolute atomic E-state index is 0. The zero-order valence-electron chi connectivity index (χ0n) is 14.7. The van der Waals surface area contributed by atoms with Gasteiger partial charge >= 0.3 is 41.9 Å². The standard InChI is InChI=1S/2C8H11.C2H6Si.2BrH.Zr/c2*1-3-8-6-4-5-7(8)2;1-3-2;;;/h2*5H,3-4H2,1-2H3;1-2H3;2*1H;/q2*-1;;;;+2/p-2. The van der Waals surface area contributed by atoms with Crippen LogP contribution in [0.1, 0.15) is 53.4 Å². The summed E-state index contributed by atoms with van der Waals surface area (Å²) in [6, 6.07) is 0. The summed E-state index contributed by atoms with van der Waals surface area (Å²) in [6.07, 6.45) is 15.4. The van der Waals surface area contributed by atoms with Crippen LogP contribution < -0.4 is 34.0 Å². The summed E-state index contributed by atoms with van der Waals surface area (Å²) < 4.78 is 0. The molecule has 124 valence electrons. The van der Waals surface area contributed by atoms with E-state index in [4.69, 9.17) is 0 Å². The molecule has 0 N–H and O–H groups in total. The molecule has 2 aliphatic rings. The number of halogens is 2. The molecule has 0 atom stereocenters. The van der Waals surface area contributed by atoms with Crippen LogP contribution >= 0.6 is 0 Å². The fourth-order valence-electron chi connectivity index (χ4n) is 1.99. The Kier molecular flexibility index (Phi) is 21.3. The number of hydrogen-bond donors (Lipinski definition) is 0. The van der Waals surface area contributed by atoms with E-state index >= 15 is 0 Å². The second-order valence-corrected chi connectivity index (χ2v) is 14.6. The number of allylic oxidation sites excluding steroid dienone is 8. The molecule has 2 rings (SSSR count). The van der Waals surface area contributed by atoms with Crippen molar-refractivity contribution in [3.05, 3.63) is 46.6 Å². The normalized spacial score (nSPS) is 14.5. The molecular formula is C18H28Br2SiZr-2. The molecule has 0 aliphatic heterocycles. The zero-order chi connectivity index (χ0) is 15.5. The Balaban J connectivity index is -0.000000249. The topological polar surface area (TPSA) is 0 Å². The second-order valence-electron chi connectivity index (χ2n) is 5.20. The van der Waals surface area contributed by atoms with Gasteiger partial charge in [0.1, 0.15) is 0 Å². The van der Waals surface area contributed by atoms with Crippen LogP contribution in [0, 0.1) is 12.2 Å². The molecule has 0 bridgehead atoms. The molecular weight excluding hydrogens is 495 g/mol. The fraction of sp³-hybridized carbons (Fsp3) is 0.556. The van der Waals surface area contributed by atoms with Crippen molar-refractivity contribution in [2.75, 3.05) is 0 Å². The van der Waals surface area contributed by atoms with Gasteiger partial charge in [0, 0.05) is 0 Å². The van der Waals surface area contributed by atoms with Gasteiger partial charge in [-0.2, -0.15) is 12.2 Å². The maximum atomic E-state index is 3.28. The average Bonchev–Trinajstić information content (AvgIpc) is 2.97. The molecule has 0 radical (unpaired) electrons. The van der Waals surface area contributed by atoms with Crippen LogP contribution in [0.4, 0.5) is 0 Å². The van der Waals surface area contributed by atoms with Crippen molar-refractivity contribution in [1.29, 1.82) is 0 Å². The number of hydrogen-bond acceptors (Lipinski definition) is 0. The Bertz CT molecular complexity index is 406. The van der Waals surface area contributed by atoms with E-state index in [0.717, 1.165) is 25.7 Å². The minimum atomic E-state index is 0. The van der Waals surface area contributed by atoms with Crippen LogP contribution in [-0.4, -0.2) is 5.43 Å². The van der Waals surface area contributed by atoms with Crippen LogP contribution in [0.2, 0.25) is 13.1 Å². The van der Waals surface area contributed by atoms with Crippen LogP contribution in [0.5, 0.6) is 0 Å². The summed E-state index contributed by atoms with van der Waals surface area (Å²) in [6.45, 7) is 13.3. The van der Waals surface area contributed by atoms with Gasteiger partial charge in [0.25, 0.3) is 0 Å². The van der Waals surface area contributed by atoms with Gasteiger partial charge in [-0.25, -0.2) is 22.3 Å². The Morgan fingerprint density at radius 2 is 1.18 bits per heavy atom. The third-order valence-electron chi connectivity index (χ3n) is 3.11. The molecule has 0 aromatic rings. The van der Waals surface area contributed by atoms with Crippen molar-refractivity contribution in [2.45, 2.75) is 66.5 Å². The fourth-order valence-corrected chi connectivity index (χ4v) is 1.99. The van der Waals surface area contributed by atoms with Crippen molar-refractivity contribution < 1.29 is 57.3 Å². The molecule has 0 unspecified atom stereocenters. The molecule has 0 saturated heterocycles. The summed E-state index contributed by atoms with van der Waals surface area (Å²) in [4.78, 5) is 0. The second kappa shape index (κ2) is 16.9. The van der Waals surface area contributed by atoms with Crippen LogP contribution in [0.15, 0.2) is 34.4 Å². The molecule has 0 heterocycles. The first-order chi connectivity index (χ1) is 9.42.